The molecule has 0 aliphatic rings. The molecule has 45 heavy (non-hydrogen) atoms. The number of hydrogen-bond donors (Lipinski definition) is 2. The van der Waals surface area contributed by atoms with E-state index in [1.165, 1.54) is 13.2 Å². The van der Waals surface area contributed by atoms with Gasteiger partial charge in [0.15, 0.2) is 11.6 Å². The van der Waals surface area contributed by atoms with Gasteiger partial charge in [0.1, 0.15) is 18.4 Å². The van der Waals surface area contributed by atoms with Gasteiger partial charge >= 0.3 is 5.97 Å². The maximum absolute atomic E-state index is 13.2. The highest BCUT2D eigenvalue weighted by Gasteiger charge is 2.22. The molecule has 0 saturated heterocycles. The SMILES string of the molecule is C=CC(=O)c1ccc2ccccc2c1NCCOc1ccc(CC(Nc2ccccc2C(=O)c2ccccc2)C(=O)OC)cc1. The van der Waals surface area contributed by atoms with Gasteiger partial charge in [-0.3, -0.25) is 9.59 Å². The van der Waals surface area contributed by atoms with Crippen LogP contribution in [0.25, 0.3) is 10.8 Å². The summed E-state index contributed by atoms with van der Waals surface area (Å²) in [5, 5.41) is 8.59. The molecule has 0 radical (unpaired) electrons. The highest BCUT2D eigenvalue weighted by molar-refractivity contribution is 6.14. The normalized spacial score (nSPS) is 11.3. The van der Waals surface area contributed by atoms with Crippen LogP contribution < -0.4 is 15.4 Å². The average Bonchev–Trinajstić information content (AvgIpc) is 3.10. The third-order valence-corrected chi connectivity index (χ3v) is 7.44. The van der Waals surface area contributed by atoms with Gasteiger partial charge in [-0.2, -0.15) is 0 Å². The summed E-state index contributed by atoms with van der Waals surface area (Å²) in [7, 11) is 1.34. The molecular weight excluding hydrogens is 564 g/mol. The predicted octanol–water partition coefficient (Wildman–Crippen LogP) is 7.13. The van der Waals surface area contributed by atoms with Crippen LogP contribution in [0.15, 0.2) is 128 Å². The number of fused-ring (bicyclic) bond motifs is 1. The smallest absolute Gasteiger partial charge is 0.328 e. The van der Waals surface area contributed by atoms with Crippen LogP contribution in [0.2, 0.25) is 0 Å². The number of methoxy groups -OCH3 is 1. The average molecular weight is 599 g/mol. The van der Waals surface area contributed by atoms with E-state index in [2.05, 4.69) is 17.2 Å². The molecule has 0 aromatic heterocycles. The molecule has 5 rings (SSSR count). The fraction of sp³-hybridized carbons (Fsp3) is 0.132. The largest absolute Gasteiger partial charge is 0.492 e. The van der Waals surface area contributed by atoms with Crippen molar-refractivity contribution in [1.29, 1.82) is 0 Å². The van der Waals surface area contributed by atoms with Crippen molar-refractivity contribution in [3.8, 4) is 5.75 Å². The minimum absolute atomic E-state index is 0.137. The van der Waals surface area contributed by atoms with Crippen molar-refractivity contribution in [2.24, 2.45) is 0 Å². The van der Waals surface area contributed by atoms with E-state index in [0.29, 0.717) is 47.7 Å². The standard InChI is InChI=1S/C38H34N2O5/c1-3-35(41)32-22-19-27-11-7-8-14-30(27)36(32)39-23-24-45-29-20-17-26(18-21-29)25-34(38(43)44-2)40-33-16-10-9-15-31(33)37(42)28-12-5-4-6-13-28/h3-22,34,39-40H,1,23-25H2,2H3. The van der Waals surface area contributed by atoms with Crippen LogP contribution in [-0.2, 0) is 16.0 Å². The maximum atomic E-state index is 13.2. The van der Waals surface area contributed by atoms with E-state index in [-0.39, 0.29) is 11.6 Å². The molecule has 0 spiro atoms. The highest BCUT2D eigenvalue weighted by Crippen LogP contribution is 2.28. The van der Waals surface area contributed by atoms with E-state index < -0.39 is 12.0 Å². The van der Waals surface area contributed by atoms with Crippen molar-refractivity contribution in [2.75, 3.05) is 30.9 Å². The van der Waals surface area contributed by atoms with Crippen molar-refractivity contribution >= 4 is 39.7 Å². The number of ether oxygens (including phenoxy) is 2. The zero-order chi connectivity index (χ0) is 31.6. The number of allylic oxidation sites excluding steroid dienone is 1. The quantitative estimate of drug-likeness (QED) is 0.0608. The number of para-hydroxylation sites is 1. The van der Waals surface area contributed by atoms with Gasteiger partial charge in [-0.05, 0) is 47.4 Å². The first-order valence-corrected chi connectivity index (χ1v) is 14.7. The molecule has 226 valence electrons. The molecule has 0 aliphatic heterocycles. The Morgan fingerprint density at radius 1 is 0.800 bits per heavy atom. The van der Waals surface area contributed by atoms with Gasteiger partial charge in [0.05, 0.1) is 12.8 Å². The number of benzene rings is 5. The third-order valence-electron chi connectivity index (χ3n) is 7.44. The molecule has 0 aliphatic carbocycles. The van der Waals surface area contributed by atoms with E-state index in [1.807, 2.05) is 84.9 Å². The van der Waals surface area contributed by atoms with Crippen LogP contribution in [0.4, 0.5) is 11.4 Å². The first kappa shape index (κ1) is 30.8. The van der Waals surface area contributed by atoms with Gasteiger partial charge in [0.2, 0.25) is 0 Å². The van der Waals surface area contributed by atoms with Gasteiger partial charge in [0.25, 0.3) is 0 Å². The molecular formula is C38H34N2O5. The number of carbonyl (C=O) groups excluding carboxylic acids is 3. The van der Waals surface area contributed by atoms with Crippen LogP contribution in [-0.4, -0.2) is 43.8 Å². The summed E-state index contributed by atoms with van der Waals surface area (Å²) in [5.74, 6) is -0.0542. The number of rotatable bonds is 14. The van der Waals surface area contributed by atoms with Crippen molar-refractivity contribution < 1.29 is 23.9 Å². The lowest BCUT2D eigenvalue weighted by Gasteiger charge is -2.20. The van der Waals surface area contributed by atoms with Crippen molar-refractivity contribution in [3.05, 3.63) is 150 Å². The van der Waals surface area contributed by atoms with Crippen LogP contribution in [0.3, 0.4) is 0 Å². The third kappa shape index (κ3) is 7.46. The molecule has 0 heterocycles. The topological polar surface area (TPSA) is 93.7 Å². The molecule has 2 N–H and O–H groups in total. The second-order valence-corrected chi connectivity index (χ2v) is 10.4. The van der Waals surface area contributed by atoms with E-state index in [1.54, 1.807) is 30.3 Å². The van der Waals surface area contributed by atoms with Gasteiger partial charge in [-0.15, -0.1) is 0 Å². The molecule has 1 atom stereocenters. The molecule has 0 saturated carbocycles. The van der Waals surface area contributed by atoms with Gasteiger partial charge in [-0.25, -0.2) is 4.79 Å². The maximum Gasteiger partial charge on any atom is 0.328 e. The second kappa shape index (κ2) is 14.7. The van der Waals surface area contributed by atoms with Crippen LogP contribution in [0, 0.1) is 0 Å². The van der Waals surface area contributed by atoms with Crippen molar-refractivity contribution in [3.63, 3.8) is 0 Å². The number of anilines is 2. The molecule has 5 aromatic rings. The lowest BCUT2D eigenvalue weighted by molar-refractivity contribution is -0.141. The number of carbonyl (C=O) groups is 3. The van der Waals surface area contributed by atoms with Gasteiger partial charge < -0.3 is 20.1 Å². The highest BCUT2D eigenvalue weighted by atomic mass is 16.5. The Hall–Kier alpha value is -5.69. The monoisotopic (exact) mass is 598 g/mol. The Balaban J connectivity index is 1.22. The number of nitrogens with one attached hydrogen (secondary N) is 2. The summed E-state index contributed by atoms with van der Waals surface area (Å²) in [6.07, 6.45) is 1.65. The summed E-state index contributed by atoms with van der Waals surface area (Å²) in [4.78, 5) is 38.4. The first-order valence-electron chi connectivity index (χ1n) is 14.7. The van der Waals surface area contributed by atoms with Gasteiger partial charge in [0, 0.05) is 40.7 Å². The summed E-state index contributed by atoms with van der Waals surface area (Å²) in [5.41, 5.74) is 3.80. The molecule has 0 amide bonds. The minimum Gasteiger partial charge on any atom is -0.492 e. The first-order chi connectivity index (χ1) is 22.0. The summed E-state index contributed by atoms with van der Waals surface area (Å²) < 4.78 is 11.0. The zero-order valence-corrected chi connectivity index (χ0v) is 25.0. The van der Waals surface area contributed by atoms with E-state index in [4.69, 9.17) is 9.47 Å². The fourth-order valence-corrected chi connectivity index (χ4v) is 5.15. The van der Waals surface area contributed by atoms with E-state index >= 15 is 0 Å². The minimum atomic E-state index is -0.719. The molecule has 0 bridgehead atoms. The lowest BCUT2D eigenvalue weighted by atomic mass is 10.00. The zero-order valence-electron chi connectivity index (χ0n) is 25.0. The molecule has 7 heteroatoms. The molecule has 1 unspecified atom stereocenters. The Morgan fingerprint density at radius 3 is 2.27 bits per heavy atom. The Labute approximate surface area is 262 Å². The summed E-state index contributed by atoms with van der Waals surface area (Å²) in [6.45, 7) is 4.47. The van der Waals surface area contributed by atoms with Crippen LogP contribution >= 0.6 is 0 Å². The van der Waals surface area contributed by atoms with Crippen LogP contribution in [0.1, 0.15) is 31.8 Å². The Morgan fingerprint density at radius 2 is 1.51 bits per heavy atom. The second-order valence-electron chi connectivity index (χ2n) is 10.4. The lowest BCUT2D eigenvalue weighted by Crippen LogP contribution is -2.33. The summed E-state index contributed by atoms with van der Waals surface area (Å²) >= 11 is 0. The number of ketones is 2. The number of hydrogen-bond acceptors (Lipinski definition) is 7. The molecule has 0 fully saturated rings. The van der Waals surface area contributed by atoms with E-state index in [0.717, 1.165) is 22.0 Å². The summed E-state index contributed by atoms with van der Waals surface area (Å²) in [6, 6.07) is 34.6. The van der Waals surface area contributed by atoms with Crippen molar-refractivity contribution in [1.82, 2.24) is 0 Å². The molecule has 5 aromatic carbocycles. The number of esters is 1. The Bertz CT molecular complexity index is 1820. The van der Waals surface area contributed by atoms with Crippen molar-refractivity contribution in [2.45, 2.75) is 12.5 Å². The predicted molar refractivity (Wildman–Crippen MR) is 178 cm³/mol. The van der Waals surface area contributed by atoms with Gasteiger partial charge in [-0.1, -0.05) is 91.5 Å². The van der Waals surface area contributed by atoms with E-state index in [9.17, 15) is 14.4 Å². The fourth-order valence-electron chi connectivity index (χ4n) is 5.15. The molecule has 7 nitrogen and oxygen atoms in total. The Kier molecular flexibility index (Phi) is 10.0. The van der Waals surface area contributed by atoms with Crippen LogP contribution in [0.5, 0.6) is 5.75 Å².